The molecule has 0 aliphatic heterocycles. The highest BCUT2D eigenvalue weighted by molar-refractivity contribution is 7.99. The fraction of sp³-hybridized carbons (Fsp3) is 0.222. The van der Waals surface area contributed by atoms with Crippen molar-refractivity contribution in [3.05, 3.63) is 88.5 Å². The number of rotatable bonds is 20. The van der Waals surface area contributed by atoms with Gasteiger partial charge in [-0.25, -0.2) is 9.97 Å². The molecule has 0 aliphatic rings. The van der Waals surface area contributed by atoms with Crippen LogP contribution in [0, 0.1) is 32.1 Å². The Morgan fingerprint density at radius 1 is 0.700 bits per heavy atom. The van der Waals surface area contributed by atoms with E-state index in [2.05, 4.69) is 40.7 Å². The summed E-state index contributed by atoms with van der Waals surface area (Å²) in [6, 6.07) is 14.4. The smallest absolute Gasteiger partial charge is 0.296 e. The number of aromatic nitrogens is 3. The topological polar surface area (TPSA) is 450 Å². The number of hydrogen-bond donors (Lipinski definition) is 7. The molecule has 420 valence electrons. The fourth-order valence-electron chi connectivity index (χ4n) is 7.94. The zero-order valence-electron chi connectivity index (χ0n) is 41.2. The maximum absolute atomic E-state index is 12.5. The summed E-state index contributed by atoms with van der Waals surface area (Å²) < 4.78 is 175. The third-order valence-corrected chi connectivity index (χ3v) is 18.1. The van der Waals surface area contributed by atoms with E-state index in [0.717, 1.165) is 51.8 Å². The first-order valence-corrected chi connectivity index (χ1v) is 31.9. The molecule has 3 heterocycles. The van der Waals surface area contributed by atoms with Gasteiger partial charge in [-0.1, -0.05) is 17.4 Å². The van der Waals surface area contributed by atoms with Crippen molar-refractivity contribution in [2.45, 2.75) is 59.8 Å². The number of hydrogen-bond acceptors (Lipinski definition) is 24. The molecule has 0 unspecified atom stereocenters. The standard InChI is InChI=1S/C45H40N10O18S7/c1-22-12-33(51-53-40-24(3)29(20-46)43-47-32-19-38(79(67,68)69)23(2)13-35(32)55(43)44(40)57)36(73-8-4-10-76(58,59)60)17-30(22)49-52-34-14-26(21-56)31(18-37(34)74-9-5-11-77(61,62)63)50-54-45-48-41-39(80(70,71)72)15-25-6-7-27(78(64,65)66)16-28(25)42(41)75-45/h6-7,12-19,56-57H,4-5,8-11,21H2,1-3H3,(H,58,59,60)(H,61,62,63)(H,64,65,66)(H,67,68,69)(H,70,71,72). The van der Waals surface area contributed by atoms with Gasteiger partial charge in [-0.2, -0.15) is 52.5 Å². The number of aromatic hydroxyl groups is 1. The molecule has 0 bridgehead atoms. The fourth-order valence-corrected chi connectivity index (χ4v) is 13.0. The molecular weight excluding hydrogens is 1190 g/mol. The number of aliphatic hydroxyl groups is 1. The summed E-state index contributed by atoms with van der Waals surface area (Å²) in [6.45, 7) is 3.43. The van der Waals surface area contributed by atoms with Gasteiger partial charge in [0.25, 0.3) is 50.6 Å². The second-order valence-electron chi connectivity index (χ2n) is 17.3. The van der Waals surface area contributed by atoms with Crippen LogP contribution in [-0.4, -0.2) is 113 Å². The largest absolute Gasteiger partial charge is 0.493 e. The second-order valence-corrected chi connectivity index (χ2v) is 26.8. The Labute approximate surface area is 462 Å². The highest BCUT2D eigenvalue weighted by Crippen LogP contribution is 2.44. The zero-order chi connectivity index (χ0) is 58.4. The molecule has 0 fully saturated rings. The van der Waals surface area contributed by atoms with E-state index in [1.807, 2.05) is 6.07 Å². The molecule has 8 rings (SSSR count). The predicted molar refractivity (Wildman–Crippen MR) is 289 cm³/mol. The lowest BCUT2D eigenvalue weighted by molar-refractivity contribution is 0.282. The van der Waals surface area contributed by atoms with Gasteiger partial charge in [0.05, 0.1) is 67.3 Å². The van der Waals surface area contributed by atoms with Gasteiger partial charge in [0.15, 0.2) is 11.3 Å². The summed E-state index contributed by atoms with van der Waals surface area (Å²) in [5.41, 5.74) is 0.253. The minimum absolute atomic E-state index is 0.00154. The highest BCUT2D eigenvalue weighted by Gasteiger charge is 2.26. The summed E-state index contributed by atoms with van der Waals surface area (Å²) in [6.07, 6.45) is -0.263. The first-order chi connectivity index (χ1) is 37.3. The Kier molecular flexibility index (Phi) is 16.6. The van der Waals surface area contributed by atoms with E-state index in [-0.39, 0.29) is 129 Å². The monoisotopic (exact) mass is 1230 g/mol. The van der Waals surface area contributed by atoms with Gasteiger partial charge in [-0.15, -0.1) is 37.3 Å². The van der Waals surface area contributed by atoms with Crippen molar-refractivity contribution in [3.8, 4) is 17.7 Å². The van der Waals surface area contributed by atoms with Crippen LogP contribution < -0.4 is 4.74 Å². The van der Waals surface area contributed by atoms with Crippen molar-refractivity contribution in [1.29, 1.82) is 5.26 Å². The molecule has 28 nitrogen and oxygen atoms in total. The Morgan fingerprint density at radius 3 is 2.01 bits per heavy atom. The van der Waals surface area contributed by atoms with Crippen LogP contribution in [0.5, 0.6) is 11.6 Å². The van der Waals surface area contributed by atoms with E-state index in [4.69, 9.17) is 4.74 Å². The average Bonchev–Trinajstić information content (AvgIpc) is 4.13. The van der Waals surface area contributed by atoms with Crippen molar-refractivity contribution in [3.63, 3.8) is 0 Å². The molecule has 3 aromatic heterocycles. The van der Waals surface area contributed by atoms with Crippen LogP contribution in [0.15, 0.2) is 111 Å². The molecule has 35 heteroatoms. The third-order valence-electron chi connectivity index (χ3n) is 11.7. The van der Waals surface area contributed by atoms with Crippen LogP contribution in [0.25, 0.3) is 37.7 Å². The first-order valence-electron chi connectivity index (χ1n) is 22.6. The molecule has 0 atom stereocenters. The van der Waals surface area contributed by atoms with Gasteiger partial charge < -0.3 is 14.9 Å². The van der Waals surface area contributed by atoms with E-state index in [1.165, 1.54) is 50.2 Å². The van der Waals surface area contributed by atoms with E-state index in [1.54, 1.807) is 6.92 Å². The van der Waals surface area contributed by atoms with Gasteiger partial charge in [0, 0.05) is 27.5 Å². The second kappa shape index (κ2) is 22.5. The molecule has 0 saturated carbocycles. The van der Waals surface area contributed by atoms with Gasteiger partial charge in [0.2, 0.25) is 11.0 Å². The van der Waals surface area contributed by atoms with E-state index < -0.39 is 89.3 Å². The Hall–Kier alpha value is -7.05. The van der Waals surface area contributed by atoms with Crippen LogP contribution in [0.1, 0.15) is 40.7 Å². The van der Waals surface area contributed by atoms with Crippen molar-refractivity contribution in [1.82, 2.24) is 14.4 Å². The molecular formula is C45H40N10O18S7. The van der Waals surface area contributed by atoms with Gasteiger partial charge in [-0.05, 0) is 104 Å². The number of aliphatic hydroxyl groups excluding tert-OH is 1. The number of thiazole rings is 1. The molecule has 0 saturated heterocycles. The average molecular weight is 1230 g/mol. The number of nitrogens with zero attached hydrogens (tertiary/aromatic N) is 10. The Balaban J connectivity index is 1.19. The summed E-state index contributed by atoms with van der Waals surface area (Å²) in [5.74, 6) is -1.88. The number of aryl methyl sites for hydroxylation is 2. The minimum Gasteiger partial charge on any atom is -0.493 e. The van der Waals surface area contributed by atoms with Crippen molar-refractivity contribution in [2.75, 3.05) is 23.9 Å². The maximum Gasteiger partial charge on any atom is 0.296 e. The Bertz CT molecular complexity index is 4640. The summed E-state index contributed by atoms with van der Waals surface area (Å²) in [4.78, 5) is 7.24. The minimum atomic E-state index is -4.92. The molecule has 0 amide bonds. The molecule has 7 N–H and O–H groups in total. The molecule has 0 radical (unpaired) electrons. The number of nitriles is 1. The number of benzene rings is 5. The molecule has 5 aromatic carbocycles. The third kappa shape index (κ3) is 13.1. The summed E-state index contributed by atoms with van der Waals surface area (Å²) >= 11 is 1.78. The number of thioether (sulfide) groups is 1. The lowest BCUT2D eigenvalue weighted by Gasteiger charge is -2.12. The van der Waals surface area contributed by atoms with Crippen molar-refractivity contribution in [2.24, 2.45) is 30.7 Å². The molecule has 0 spiro atoms. The van der Waals surface area contributed by atoms with Gasteiger partial charge in [-0.3, -0.25) is 27.2 Å². The molecule has 0 aliphatic carbocycles. The van der Waals surface area contributed by atoms with Crippen molar-refractivity contribution < 1.29 is 79.8 Å². The van der Waals surface area contributed by atoms with Crippen LogP contribution in [0.2, 0.25) is 0 Å². The van der Waals surface area contributed by atoms with Crippen LogP contribution >= 0.6 is 23.1 Å². The summed E-state index contributed by atoms with van der Waals surface area (Å²) in [7, 11) is -23.1. The van der Waals surface area contributed by atoms with Gasteiger partial charge in [0.1, 0.15) is 33.5 Å². The number of pyridine rings is 1. The quantitative estimate of drug-likeness (QED) is 0.0162. The molecule has 8 aromatic rings. The number of imidazole rings is 1. The zero-order valence-corrected chi connectivity index (χ0v) is 46.9. The number of azo groups is 3. The highest BCUT2D eigenvalue weighted by atomic mass is 32.2. The normalized spacial score (nSPS) is 13.1. The first kappa shape index (κ1) is 59.1. The SMILES string of the molecule is Cc1cc(N=Nc2c(C)c(C#N)c3nc4cc(S(=O)(=O)O)c(C)cc4n3c2O)c(OCCCS(=O)(=O)O)cc1N=Nc1cc(CO)c(N=Nc2nc3c(S(=O)(=O)O)cc4ccc(S(=O)(=O)O)cc4c3s2)cc1SCCCS(=O)(=O)O. The lowest BCUT2D eigenvalue weighted by atomic mass is 10.1. The molecule has 80 heavy (non-hydrogen) atoms. The number of ether oxygens (including phenoxy) is 1. The lowest BCUT2D eigenvalue weighted by Crippen LogP contribution is -2.08. The maximum atomic E-state index is 12.5. The number of fused-ring (bicyclic) bond motifs is 6. The van der Waals surface area contributed by atoms with Gasteiger partial charge >= 0.3 is 0 Å². The predicted octanol–water partition coefficient (Wildman–Crippen LogP) is 9.26. The van der Waals surface area contributed by atoms with Crippen LogP contribution in [0.3, 0.4) is 0 Å². The van der Waals surface area contributed by atoms with Crippen LogP contribution in [-0.2, 0) is 57.2 Å². The van der Waals surface area contributed by atoms with E-state index in [0.29, 0.717) is 5.56 Å². The van der Waals surface area contributed by atoms with E-state index >= 15 is 0 Å². The van der Waals surface area contributed by atoms with E-state index in [9.17, 15) is 80.3 Å². The summed E-state index contributed by atoms with van der Waals surface area (Å²) in [5, 5.41) is 58.3. The Morgan fingerprint density at radius 2 is 1.36 bits per heavy atom. The van der Waals surface area contributed by atoms with Crippen LogP contribution in [0.4, 0.5) is 33.6 Å². The van der Waals surface area contributed by atoms with Crippen molar-refractivity contribution >= 4 is 145 Å².